The minimum atomic E-state index is -0.649. The van der Waals surface area contributed by atoms with Crippen LogP contribution in [-0.4, -0.2) is 36.1 Å². The third-order valence-corrected chi connectivity index (χ3v) is 6.42. The molecule has 202 valence electrons. The molecule has 3 N–H and O–H groups in total. The number of aromatic nitrogens is 6. The van der Waals surface area contributed by atoms with E-state index in [4.69, 9.17) is 0 Å². The van der Waals surface area contributed by atoms with Gasteiger partial charge in [0.2, 0.25) is 0 Å². The zero-order valence-corrected chi connectivity index (χ0v) is 22.0. The standard InChI is InChI=1S/C29H27FN8O2/c1-3-4-8-18-9-5-6-10-21(18)28(39)33-23-12-7-11-22(25(23)30)24-17-38(2)29(40)27(32-24)31-20-15-13-19(14-16-20)26-34-36-37-35-26/h5-7,9-17H,3-4,8H2,1-2H3,(H,31,32)(H,33,39)(H,34,35,36,37). The minimum absolute atomic E-state index is 0.0211. The number of tetrazole rings is 1. The molecule has 0 aliphatic carbocycles. The first-order chi connectivity index (χ1) is 19.4. The van der Waals surface area contributed by atoms with Crippen LogP contribution in [0.5, 0.6) is 0 Å². The van der Waals surface area contributed by atoms with Crippen molar-refractivity contribution in [2.45, 2.75) is 26.2 Å². The zero-order valence-electron chi connectivity index (χ0n) is 22.0. The van der Waals surface area contributed by atoms with Gasteiger partial charge in [-0.2, -0.15) is 0 Å². The first-order valence-corrected chi connectivity index (χ1v) is 12.8. The van der Waals surface area contributed by atoms with E-state index in [1.54, 1.807) is 55.6 Å². The third kappa shape index (κ3) is 5.63. The summed E-state index contributed by atoms with van der Waals surface area (Å²) in [5.74, 6) is -0.505. The highest BCUT2D eigenvalue weighted by atomic mass is 19.1. The fourth-order valence-corrected chi connectivity index (χ4v) is 4.29. The molecule has 0 atom stereocenters. The van der Waals surface area contributed by atoms with Crippen LogP contribution >= 0.6 is 0 Å². The Morgan fingerprint density at radius 2 is 1.85 bits per heavy atom. The molecule has 0 aliphatic rings. The van der Waals surface area contributed by atoms with Crippen LogP contribution in [0.3, 0.4) is 0 Å². The van der Waals surface area contributed by atoms with Gasteiger partial charge >= 0.3 is 0 Å². The van der Waals surface area contributed by atoms with E-state index < -0.39 is 5.82 Å². The van der Waals surface area contributed by atoms with Crippen molar-refractivity contribution in [3.8, 4) is 22.6 Å². The predicted octanol–water partition coefficient (Wildman–Crippen LogP) is 5.11. The van der Waals surface area contributed by atoms with Crippen LogP contribution in [0.25, 0.3) is 22.6 Å². The van der Waals surface area contributed by atoms with Crippen LogP contribution in [-0.2, 0) is 13.5 Å². The molecule has 0 saturated carbocycles. The molecule has 0 fully saturated rings. The molecular formula is C29H27FN8O2. The molecule has 10 nitrogen and oxygen atoms in total. The highest BCUT2D eigenvalue weighted by Gasteiger charge is 2.18. The summed E-state index contributed by atoms with van der Waals surface area (Å²) in [6.45, 7) is 2.09. The van der Waals surface area contributed by atoms with Gasteiger partial charge in [0.25, 0.3) is 11.5 Å². The molecule has 2 heterocycles. The summed E-state index contributed by atoms with van der Waals surface area (Å²) in [6, 6.07) is 19.1. The Balaban J connectivity index is 1.41. The maximum absolute atomic E-state index is 15.7. The largest absolute Gasteiger partial charge is 0.336 e. The van der Waals surface area contributed by atoms with Crippen molar-refractivity contribution in [3.05, 3.63) is 100 Å². The van der Waals surface area contributed by atoms with Crippen molar-refractivity contribution in [1.82, 2.24) is 30.2 Å². The highest BCUT2D eigenvalue weighted by molar-refractivity contribution is 6.05. The van der Waals surface area contributed by atoms with Gasteiger partial charge in [-0.1, -0.05) is 37.6 Å². The third-order valence-electron chi connectivity index (χ3n) is 6.42. The lowest BCUT2D eigenvalue weighted by molar-refractivity contribution is 0.102. The van der Waals surface area contributed by atoms with Crippen molar-refractivity contribution in [3.63, 3.8) is 0 Å². The predicted molar refractivity (Wildman–Crippen MR) is 151 cm³/mol. The zero-order chi connectivity index (χ0) is 28.1. The van der Waals surface area contributed by atoms with Crippen molar-refractivity contribution in [2.24, 2.45) is 7.05 Å². The summed E-state index contributed by atoms with van der Waals surface area (Å²) in [5.41, 5.74) is 2.80. The molecule has 5 rings (SSSR count). The quantitative estimate of drug-likeness (QED) is 0.238. The molecule has 1 amide bonds. The molecule has 0 spiro atoms. The molecule has 2 aromatic heterocycles. The number of H-pyrrole nitrogens is 1. The smallest absolute Gasteiger partial charge is 0.293 e. The van der Waals surface area contributed by atoms with Crippen molar-refractivity contribution in [2.75, 3.05) is 10.6 Å². The second kappa shape index (κ2) is 11.7. The SMILES string of the molecule is CCCCc1ccccc1C(=O)Nc1cccc(-c2cn(C)c(=O)c(Nc3ccc(-c4nnn[nH]4)cc3)n2)c1F. The number of unbranched alkanes of at least 4 members (excludes halogenated alkanes) is 1. The fraction of sp³-hybridized carbons (Fsp3) is 0.172. The second-order valence-corrected chi connectivity index (χ2v) is 9.22. The Bertz CT molecular complexity index is 1700. The molecule has 0 unspecified atom stereocenters. The Kier molecular flexibility index (Phi) is 7.72. The molecule has 11 heteroatoms. The van der Waals surface area contributed by atoms with Crippen molar-refractivity contribution < 1.29 is 9.18 Å². The average Bonchev–Trinajstić information content (AvgIpc) is 3.51. The van der Waals surface area contributed by atoms with Crippen LogP contribution in [0.15, 0.2) is 77.7 Å². The number of nitrogens with one attached hydrogen (secondary N) is 3. The number of carbonyl (C=O) groups excluding carboxylic acids is 1. The first-order valence-electron chi connectivity index (χ1n) is 12.8. The van der Waals surface area contributed by atoms with Gasteiger partial charge in [0, 0.05) is 35.6 Å². The molecule has 40 heavy (non-hydrogen) atoms. The van der Waals surface area contributed by atoms with Gasteiger partial charge in [0.1, 0.15) is 0 Å². The van der Waals surface area contributed by atoms with Gasteiger partial charge in [0.05, 0.1) is 11.4 Å². The van der Waals surface area contributed by atoms with E-state index in [0.29, 0.717) is 17.1 Å². The van der Waals surface area contributed by atoms with Crippen molar-refractivity contribution in [1.29, 1.82) is 0 Å². The number of hydrogen-bond acceptors (Lipinski definition) is 7. The summed E-state index contributed by atoms with van der Waals surface area (Å²) in [6.07, 6.45) is 4.17. The highest BCUT2D eigenvalue weighted by Crippen LogP contribution is 2.28. The lowest BCUT2D eigenvalue weighted by atomic mass is 10.0. The van der Waals surface area contributed by atoms with Gasteiger partial charge in [-0.05, 0) is 71.3 Å². The molecule has 0 saturated heterocycles. The van der Waals surface area contributed by atoms with Crippen LogP contribution in [0.2, 0.25) is 0 Å². The number of benzene rings is 3. The molecule has 0 aliphatic heterocycles. The monoisotopic (exact) mass is 538 g/mol. The van der Waals surface area contributed by atoms with E-state index in [-0.39, 0.29) is 34.2 Å². The molecule has 3 aromatic carbocycles. The van der Waals surface area contributed by atoms with Crippen LogP contribution < -0.4 is 16.2 Å². The first kappa shape index (κ1) is 26.4. The Morgan fingerprint density at radius 3 is 2.60 bits per heavy atom. The van der Waals surface area contributed by atoms with Crippen molar-refractivity contribution >= 4 is 23.1 Å². The number of aromatic amines is 1. The van der Waals surface area contributed by atoms with E-state index in [1.807, 2.05) is 12.1 Å². The van der Waals surface area contributed by atoms with Crippen LogP contribution in [0.4, 0.5) is 21.6 Å². The van der Waals surface area contributed by atoms with Gasteiger partial charge in [-0.25, -0.2) is 14.5 Å². The number of aryl methyl sites for hydroxylation is 2. The van der Waals surface area contributed by atoms with Crippen LogP contribution in [0.1, 0.15) is 35.7 Å². The summed E-state index contributed by atoms with van der Waals surface area (Å²) in [7, 11) is 1.56. The number of rotatable bonds is 9. The van der Waals surface area contributed by atoms with E-state index in [2.05, 4.69) is 43.2 Å². The lowest BCUT2D eigenvalue weighted by Gasteiger charge is -2.14. The molecule has 0 bridgehead atoms. The number of hydrogen-bond donors (Lipinski definition) is 3. The molecular weight excluding hydrogens is 511 g/mol. The van der Waals surface area contributed by atoms with Gasteiger partial charge < -0.3 is 15.2 Å². The van der Waals surface area contributed by atoms with E-state index in [1.165, 1.54) is 16.8 Å². The number of nitrogens with zero attached hydrogens (tertiary/aromatic N) is 5. The summed E-state index contributed by atoms with van der Waals surface area (Å²) in [5, 5.41) is 19.4. The van der Waals surface area contributed by atoms with Gasteiger partial charge in [-0.3, -0.25) is 9.59 Å². The van der Waals surface area contributed by atoms with Crippen LogP contribution in [0, 0.1) is 5.82 Å². The topological polar surface area (TPSA) is 130 Å². The van der Waals surface area contributed by atoms with E-state index in [0.717, 1.165) is 30.4 Å². The summed E-state index contributed by atoms with van der Waals surface area (Å²) >= 11 is 0. The summed E-state index contributed by atoms with van der Waals surface area (Å²) in [4.78, 5) is 30.3. The maximum atomic E-state index is 15.7. The number of carbonyl (C=O) groups is 1. The molecule has 0 radical (unpaired) electrons. The maximum Gasteiger partial charge on any atom is 0.293 e. The Morgan fingerprint density at radius 1 is 1.05 bits per heavy atom. The van der Waals surface area contributed by atoms with Gasteiger partial charge in [0.15, 0.2) is 17.5 Å². The summed E-state index contributed by atoms with van der Waals surface area (Å²) < 4.78 is 17.1. The second-order valence-electron chi connectivity index (χ2n) is 9.22. The minimum Gasteiger partial charge on any atom is -0.336 e. The van der Waals surface area contributed by atoms with E-state index >= 15 is 4.39 Å². The average molecular weight is 539 g/mol. The normalized spacial score (nSPS) is 10.9. The fourth-order valence-electron chi connectivity index (χ4n) is 4.29. The molecule has 5 aromatic rings. The lowest BCUT2D eigenvalue weighted by Crippen LogP contribution is -2.21. The number of halogens is 1. The van der Waals surface area contributed by atoms with E-state index in [9.17, 15) is 9.59 Å². The Hall–Kier alpha value is -5.19. The van der Waals surface area contributed by atoms with Gasteiger partial charge in [-0.15, -0.1) is 5.10 Å². The number of amides is 1. The number of anilines is 3. The Labute approximate surface area is 229 Å².